The van der Waals surface area contributed by atoms with Gasteiger partial charge in [0.2, 0.25) is 0 Å². The van der Waals surface area contributed by atoms with Gasteiger partial charge < -0.3 is 15.8 Å². The lowest BCUT2D eigenvalue weighted by molar-refractivity contribution is 0.120. The first-order valence-electron chi connectivity index (χ1n) is 6.81. The highest BCUT2D eigenvalue weighted by molar-refractivity contribution is 6.33. The molecule has 1 atom stereocenters. The molecule has 110 valence electrons. The third-order valence-corrected chi connectivity index (χ3v) is 3.62. The summed E-state index contributed by atoms with van der Waals surface area (Å²) in [5.74, 6) is 1.09. The summed E-state index contributed by atoms with van der Waals surface area (Å²) in [5, 5.41) is 3.74. The van der Waals surface area contributed by atoms with Crippen molar-refractivity contribution in [3.8, 4) is 11.3 Å². The maximum atomic E-state index is 6.14. The largest absolute Gasteiger partial charge is 0.384 e. The fraction of sp³-hybridized carbons (Fsp3) is 0.357. The number of hydrogen-bond acceptors (Lipinski definition) is 6. The van der Waals surface area contributed by atoms with Crippen molar-refractivity contribution in [3.05, 3.63) is 29.7 Å². The Morgan fingerprint density at radius 1 is 1.38 bits per heavy atom. The number of aromatic nitrogens is 3. The van der Waals surface area contributed by atoms with E-state index in [1.54, 1.807) is 18.5 Å². The number of ether oxygens (including phenoxy) is 1. The van der Waals surface area contributed by atoms with E-state index in [0.717, 1.165) is 31.6 Å². The van der Waals surface area contributed by atoms with Crippen LogP contribution in [0.15, 0.2) is 24.7 Å². The topological polar surface area (TPSA) is 86.0 Å². The lowest BCUT2D eigenvalue weighted by Gasteiger charge is -2.12. The van der Waals surface area contributed by atoms with Crippen molar-refractivity contribution in [2.45, 2.75) is 18.9 Å². The average Bonchev–Trinajstić information content (AvgIpc) is 3.01. The van der Waals surface area contributed by atoms with Crippen LogP contribution in [0, 0.1) is 0 Å². The number of nitrogen functional groups attached to an aromatic ring is 1. The minimum Gasteiger partial charge on any atom is -0.384 e. The van der Waals surface area contributed by atoms with Gasteiger partial charge in [-0.15, -0.1) is 0 Å². The van der Waals surface area contributed by atoms with E-state index in [0.29, 0.717) is 22.4 Å². The molecule has 1 aliphatic heterocycles. The van der Waals surface area contributed by atoms with Gasteiger partial charge in [-0.3, -0.25) is 4.98 Å². The van der Waals surface area contributed by atoms with Gasteiger partial charge in [0, 0.05) is 24.9 Å². The Bertz CT molecular complexity index is 631. The van der Waals surface area contributed by atoms with Crippen LogP contribution in [0.2, 0.25) is 5.02 Å². The van der Waals surface area contributed by atoms with E-state index >= 15 is 0 Å². The van der Waals surface area contributed by atoms with Crippen LogP contribution in [0.25, 0.3) is 11.3 Å². The molecule has 1 aliphatic rings. The van der Waals surface area contributed by atoms with Gasteiger partial charge in [0.25, 0.3) is 0 Å². The predicted molar refractivity (Wildman–Crippen MR) is 82.1 cm³/mol. The SMILES string of the molecule is Nc1cc(-c2cncc(NC[C@@H]3CCCO3)n2)c(Cl)cn1. The van der Waals surface area contributed by atoms with Gasteiger partial charge in [-0.05, 0) is 18.9 Å². The summed E-state index contributed by atoms with van der Waals surface area (Å²) in [5.41, 5.74) is 7.07. The number of anilines is 2. The molecular formula is C14H16ClN5O. The number of rotatable bonds is 4. The summed E-state index contributed by atoms with van der Waals surface area (Å²) in [4.78, 5) is 12.6. The molecule has 1 fully saturated rings. The molecule has 0 radical (unpaired) electrons. The van der Waals surface area contributed by atoms with Crippen LogP contribution in [0.3, 0.4) is 0 Å². The van der Waals surface area contributed by atoms with Crippen LogP contribution in [0.1, 0.15) is 12.8 Å². The van der Waals surface area contributed by atoms with E-state index in [1.807, 2.05) is 0 Å². The van der Waals surface area contributed by atoms with Crippen molar-refractivity contribution < 1.29 is 4.74 Å². The number of pyridine rings is 1. The van der Waals surface area contributed by atoms with Gasteiger partial charge in [0.15, 0.2) is 0 Å². The first kappa shape index (κ1) is 14.0. The summed E-state index contributed by atoms with van der Waals surface area (Å²) >= 11 is 6.14. The predicted octanol–water partition coefficient (Wildman–Crippen LogP) is 2.37. The number of halogens is 1. The van der Waals surface area contributed by atoms with Crippen molar-refractivity contribution in [2.24, 2.45) is 0 Å². The Morgan fingerprint density at radius 2 is 2.29 bits per heavy atom. The molecule has 0 spiro atoms. The van der Waals surface area contributed by atoms with E-state index < -0.39 is 0 Å². The maximum Gasteiger partial charge on any atom is 0.145 e. The van der Waals surface area contributed by atoms with E-state index in [4.69, 9.17) is 22.1 Å². The van der Waals surface area contributed by atoms with Gasteiger partial charge >= 0.3 is 0 Å². The lowest BCUT2D eigenvalue weighted by Crippen LogP contribution is -2.19. The molecule has 0 aromatic carbocycles. The highest BCUT2D eigenvalue weighted by atomic mass is 35.5. The zero-order valence-corrected chi connectivity index (χ0v) is 12.2. The molecule has 0 bridgehead atoms. The first-order valence-corrected chi connectivity index (χ1v) is 7.19. The zero-order valence-electron chi connectivity index (χ0n) is 11.4. The molecule has 2 aromatic rings. The summed E-state index contributed by atoms with van der Waals surface area (Å²) in [6.07, 6.45) is 7.28. The Kier molecular flexibility index (Phi) is 4.17. The van der Waals surface area contributed by atoms with Crippen molar-refractivity contribution in [3.63, 3.8) is 0 Å². The highest BCUT2D eigenvalue weighted by Gasteiger charge is 2.15. The van der Waals surface area contributed by atoms with Crippen LogP contribution >= 0.6 is 11.6 Å². The zero-order chi connectivity index (χ0) is 14.7. The molecule has 6 nitrogen and oxygen atoms in total. The standard InChI is InChI=1S/C14H16ClN5O/c15-11-6-18-13(16)4-10(11)12-7-17-8-14(20-12)19-5-9-2-1-3-21-9/h4,6-9H,1-3,5H2,(H2,16,18)(H,19,20)/t9-/m0/s1. The minimum absolute atomic E-state index is 0.246. The first-order chi connectivity index (χ1) is 10.2. The van der Waals surface area contributed by atoms with E-state index in [9.17, 15) is 0 Å². The third-order valence-electron chi connectivity index (χ3n) is 3.32. The molecular weight excluding hydrogens is 290 g/mol. The van der Waals surface area contributed by atoms with Gasteiger partial charge in [-0.1, -0.05) is 11.6 Å². The lowest BCUT2D eigenvalue weighted by atomic mass is 10.2. The molecule has 3 N–H and O–H groups in total. The van der Waals surface area contributed by atoms with Gasteiger partial charge in [0.1, 0.15) is 11.6 Å². The fourth-order valence-electron chi connectivity index (χ4n) is 2.26. The molecule has 0 aliphatic carbocycles. The van der Waals surface area contributed by atoms with Crippen molar-refractivity contribution in [2.75, 3.05) is 24.2 Å². The van der Waals surface area contributed by atoms with Crippen molar-refractivity contribution in [1.82, 2.24) is 15.0 Å². The minimum atomic E-state index is 0.246. The second-order valence-corrected chi connectivity index (χ2v) is 5.30. The average molecular weight is 306 g/mol. The number of nitrogens with two attached hydrogens (primary N) is 1. The Labute approximate surface area is 127 Å². The molecule has 0 unspecified atom stereocenters. The second kappa shape index (κ2) is 6.24. The van der Waals surface area contributed by atoms with Crippen LogP contribution in [0.4, 0.5) is 11.6 Å². The number of nitrogens with one attached hydrogen (secondary N) is 1. The van der Waals surface area contributed by atoms with Crippen molar-refractivity contribution in [1.29, 1.82) is 0 Å². The quantitative estimate of drug-likeness (QED) is 0.902. The molecule has 0 amide bonds. The van der Waals surface area contributed by atoms with E-state index in [1.165, 1.54) is 6.20 Å². The Morgan fingerprint density at radius 3 is 3.10 bits per heavy atom. The molecule has 21 heavy (non-hydrogen) atoms. The van der Waals surface area contributed by atoms with E-state index in [-0.39, 0.29) is 6.10 Å². The van der Waals surface area contributed by atoms with Gasteiger partial charge in [-0.2, -0.15) is 0 Å². The summed E-state index contributed by atoms with van der Waals surface area (Å²) in [6, 6.07) is 1.69. The summed E-state index contributed by atoms with van der Waals surface area (Å²) < 4.78 is 5.57. The molecule has 0 saturated carbocycles. The molecule has 7 heteroatoms. The third kappa shape index (κ3) is 3.40. The van der Waals surface area contributed by atoms with E-state index in [2.05, 4.69) is 20.3 Å². The maximum absolute atomic E-state index is 6.14. The summed E-state index contributed by atoms with van der Waals surface area (Å²) in [6.45, 7) is 1.56. The summed E-state index contributed by atoms with van der Waals surface area (Å²) in [7, 11) is 0. The van der Waals surface area contributed by atoms with Crippen LogP contribution in [-0.2, 0) is 4.74 Å². The molecule has 2 aromatic heterocycles. The Hall–Kier alpha value is -1.92. The van der Waals surface area contributed by atoms with Crippen LogP contribution in [0.5, 0.6) is 0 Å². The van der Waals surface area contributed by atoms with Crippen LogP contribution in [-0.4, -0.2) is 34.2 Å². The monoisotopic (exact) mass is 305 g/mol. The smallest absolute Gasteiger partial charge is 0.145 e. The van der Waals surface area contributed by atoms with Gasteiger partial charge in [0.05, 0.1) is 29.2 Å². The number of nitrogens with zero attached hydrogens (tertiary/aromatic N) is 3. The highest BCUT2D eigenvalue weighted by Crippen LogP contribution is 2.27. The van der Waals surface area contributed by atoms with Crippen molar-refractivity contribution >= 4 is 23.2 Å². The molecule has 1 saturated heterocycles. The molecule has 3 rings (SSSR count). The van der Waals surface area contributed by atoms with Gasteiger partial charge in [-0.25, -0.2) is 9.97 Å². The van der Waals surface area contributed by atoms with Crippen LogP contribution < -0.4 is 11.1 Å². The molecule has 3 heterocycles. The fourth-order valence-corrected chi connectivity index (χ4v) is 2.46. The normalized spacial score (nSPS) is 17.9. The Balaban J connectivity index is 1.77. The second-order valence-electron chi connectivity index (χ2n) is 4.89. The number of hydrogen-bond donors (Lipinski definition) is 2.